The Bertz CT molecular complexity index is 748. The summed E-state index contributed by atoms with van der Waals surface area (Å²) in [6, 6.07) is 10.0. The van der Waals surface area contributed by atoms with E-state index in [-0.39, 0.29) is 5.91 Å². The number of hydrogen-bond acceptors (Lipinski definition) is 4. The molecule has 0 saturated heterocycles. The number of aromatic nitrogens is 5. The summed E-state index contributed by atoms with van der Waals surface area (Å²) in [5.41, 5.74) is 2.58. The second-order valence-corrected chi connectivity index (χ2v) is 4.79. The van der Waals surface area contributed by atoms with Gasteiger partial charge < -0.3 is 0 Å². The number of benzene rings is 1. The van der Waals surface area contributed by atoms with Crippen LogP contribution < -0.4 is 5.32 Å². The first-order valence-electron chi connectivity index (χ1n) is 7.03. The molecule has 2 N–H and O–H groups in total. The number of nitrogens with one attached hydrogen (secondary N) is 2. The van der Waals surface area contributed by atoms with Crippen molar-refractivity contribution in [1.29, 1.82) is 0 Å². The number of nitrogens with zero attached hydrogens (tertiary/aromatic N) is 4. The Labute approximate surface area is 127 Å². The van der Waals surface area contributed by atoms with Gasteiger partial charge in [0.25, 0.3) is 5.91 Å². The van der Waals surface area contributed by atoms with E-state index < -0.39 is 0 Å². The van der Waals surface area contributed by atoms with E-state index in [1.165, 1.54) is 6.33 Å². The van der Waals surface area contributed by atoms with Crippen molar-refractivity contribution in [2.75, 3.05) is 5.32 Å². The van der Waals surface area contributed by atoms with E-state index in [2.05, 4.69) is 25.6 Å². The number of anilines is 1. The van der Waals surface area contributed by atoms with Crippen molar-refractivity contribution in [3.05, 3.63) is 59.7 Å². The predicted octanol–water partition coefficient (Wildman–Crippen LogP) is 1.86. The van der Waals surface area contributed by atoms with Crippen LogP contribution in [-0.2, 0) is 13.0 Å². The van der Waals surface area contributed by atoms with Gasteiger partial charge in [-0.3, -0.25) is 14.8 Å². The first-order valence-corrected chi connectivity index (χ1v) is 7.03. The Balaban J connectivity index is 1.82. The summed E-state index contributed by atoms with van der Waals surface area (Å²) in [6.07, 6.45) is 3.65. The van der Waals surface area contributed by atoms with Crippen LogP contribution in [0.4, 0.5) is 5.95 Å². The van der Waals surface area contributed by atoms with Gasteiger partial charge in [0.05, 0.1) is 24.0 Å². The summed E-state index contributed by atoms with van der Waals surface area (Å²) < 4.78 is 1.85. The summed E-state index contributed by atoms with van der Waals surface area (Å²) >= 11 is 0. The molecule has 22 heavy (non-hydrogen) atoms. The molecule has 0 aliphatic rings. The van der Waals surface area contributed by atoms with E-state index in [4.69, 9.17) is 0 Å². The fraction of sp³-hybridized carbons (Fsp3) is 0.200. The molecule has 0 aliphatic carbocycles. The summed E-state index contributed by atoms with van der Waals surface area (Å²) in [6.45, 7) is 2.64. The lowest BCUT2D eigenvalue weighted by Crippen LogP contribution is -2.15. The second kappa shape index (κ2) is 6.21. The van der Waals surface area contributed by atoms with Crippen LogP contribution in [0.15, 0.2) is 42.9 Å². The fourth-order valence-corrected chi connectivity index (χ4v) is 2.31. The summed E-state index contributed by atoms with van der Waals surface area (Å²) in [5.74, 6) is 0.0794. The maximum atomic E-state index is 12.3. The molecule has 3 rings (SSSR count). The highest BCUT2D eigenvalue weighted by Gasteiger charge is 2.17. The topological polar surface area (TPSA) is 88.5 Å². The summed E-state index contributed by atoms with van der Waals surface area (Å²) in [7, 11) is 0. The molecular formula is C15H16N6O. The monoisotopic (exact) mass is 296 g/mol. The van der Waals surface area contributed by atoms with Gasteiger partial charge in [0, 0.05) is 0 Å². The highest BCUT2D eigenvalue weighted by Crippen LogP contribution is 2.13. The van der Waals surface area contributed by atoms with Gasteiger partial charge in [-0.15, -0.1) is 0 Å². The zero-order chi connectivity index (χ0) is 15.4. The molecule has 2 aromatic heterocycles. The Kier molecular flexibility index (Phi) is 3.95. The Morgan fingerprint density at radius 2 is 2.14 bits per heavy atom. The molecule has 0 bridgehead atoms. The quantitative estimate of drug-likeness (QED) is 0.752. The number of carbonyl (C=O) groups excluding carboxylic acids is 1. The zero-order valence-electron chi connectivity index (χ0n) is 12.2. The van der Waals surface area contributed by atoms with E-state index >= 15 is 0 Å². The van der Waals surface area contributed by atoms with Crippen molar-refractivity contribution in [1.82, 2.24) is 25.0 Å². The minimum atomic E-state index is -0.243. The first kappa shape index (κ1) is 14.0. The molecule has 0 aliphatic heterocycles. The molecule has 1 aromatic carbocycles. The number of aromatic amines is 1. The SMILES string of the molecule is CCc1c(C(=O)Nc2ncn[nH]2)cnn1Cc1ccccc1. The smallest absolute Gasteiger partial charge is 0.261 e. The average Bonchev–Trinajstić information content (AvgIpc) is 3.17. The Morgan fingerprint density at radius 1 is 1.32 bits per heavy atom. The second-order valence-electron chi connectivity index (χ2n) is 4.79. The highest BCUT2D eigenvalue weighted by atomic mass is 16.1. The molecule has 7 nitrogen and oxygen atoms in total. The van der Waals surface area contributed by atoms with Crippen LogP contribution in [0.5, 0.6) is 0 Å². The Hall–Kier alpha value is -2.96. The number of H-pyrrole nitrogens is 1. The minimum absolute atomic E-state index is 0.243. The van der Waals surface area contributed by atoms with Gasteiger partial charge in [0.15, 0.2) is 0 Å². The van der Waals surface area contributed by atoms with Crippen LogP contribution in [0.2, 0.25) is 0 Å². The number of amides is 1. The van der Waals surface area contributed by atoms with Crippen molar-refractivity contribution in [2.24, 2.45) is 0 Å². The molecule has 0 fully saturated rings. The van der Waals surface area contributed by atoms with E-state index in [9.17, 15) is 4.79 Å². The van der Waals surface area contributed by atoms with Crippen molar-refractivity contribution >= 4 is 11.9 Å². The van der Waals surface area contributed by atoms with Gasteiger partial charge >= 0.3 is 0 Å². The van der Waals surface area contributed by atoms with Crippen molar-refractivity contribution in [3.8, 4) is 0 Å². The largest absolute Gasteiger partial charge is 0.291 e. The lowest BCUT2D eigenvalue weighted by atomic mass is 10.2. The zero-order valence-corrected chi connectivity index (χ0v) is 12.2. The van der Waals surface area contributed by atoms with Gasteiger partial charge in [-0.1, -0.05) is 37.3 Å². The first-order chi connectivity index (χ1) is 10.8. The number of rotatable bonds is 5. The van der Waals surface area contributed by atoms with Crippen LogP contribution in [0, 0.1) is 0 Å². The van der Waals surface area contributed by atoms with E-state index in [0.29, 0.717) is 24.5 Å². The summed E-state index contributed by atoms with van der Waals surface area (Å²) in [5, 5.41) is 13.3. The van der Waals surface area contributed by atoms with Crippen LogP contribution in [0.25, 0.3) is 0 Å². The third-order valence-corrected chi connectivity index (χ3v) is 3.35. The maximum absolute atomic E-state index is 12.3. The third kappa shape index (κ3) is 2.88. The van der Waals surface area contributed by atoms with Crippen molar-refractivity contribution in [3.63, 3.8) is 0 Å². The van der Waals surface area contributed by atoms with E-state index in [1.807, 2.05) is 41.9 Å². The van der Waals surface area contributed by atoms with Crippen molar-refractivity contribution in [2.45, 2.75) is 19.9 Å². The standard InChI is InChI=1S/C15H16N6O/c1-2-13-12(14(22)19-15-16-10-17-20-15)8-18-21(13)9-11-6-4-3-5-7-11/h3-8,10H,2,9H2,1H3,(H2,16,17,19,20,22). The van der Waals surface area contributed by atoms with Gasteiger partial charge in [-0.2, -0.15) is 15.2 Å². The molecule has 0 atom stereocenters. The molecule has 2 heterocycles. The highest BCUT2D eigenvalue weighted by molar-refractivity contribution is 6.04. The lowest BCUT2D eigenvalue weighted by Gasteiger charge is -2.08. The molecule has 7 heteroatoms. The van der Waals surface area contributed by atoms with Crippen LogP contribution >= 0.6 is 0 Å². The van der Waals surface area contributed by atoms with Gasteiger partial charge in [0.1, 0.15) is 6.33 Å². The normalized spacial score (nSPS) is 10.6. The van der Waals surface area contributed by atoms with Gasteiger partial charge in [-0.25, -0.2) is 5.10 Å². The molecule has 112 valence electrons. The van der Waals surface area contributed by atoms with E-state index in [1.54, 1.807) is 6.20 Å². The number of hydrogen-bond donors (Lipinski definition) is 2. The molecule has 1 amide bonds. The molecule has 3 aromatic rings. The predicted molar refractivity (Wildman–Crippen MR) is 81.5 cm³/mol. The Morgan fingerprint density at radius 3 is 2.82 bits per heavy atom. The third-order valence-electron chi connectivity index (χ3n) is 3.35. The average molecular weight is 296 g/mol. The summed E-state index contributed by atoms with van der Waals surface area (Å²) in [4.78, 5) is 16.2. The van der Waals surface area contributed by atoms with Crippen LogP contribution in [0.1, 0.15) is 28.5 Å². The maximum Gasteiger partial charge on any atom is 0.261 e. The molecule has 0 radical (unpaired) electrons. The van der Waals surface area contributed by atoms with Crippen LogP contribution in [-0.4, -0.2) is 30.9 Å². The van der Waals surface area contributed by atoms with Crippen LogP contribution in [0.3, 0.4) is 0 Å². The molecule has 0 saturated carbocycles. The molecular weight excluding hydrogens is 280 g/mol. The fourth-order valence-electron chi connectivity index (χ4n) is 2.31. The van der Waals surface area contributed by atoms with Gasteiger partial charge in [0.2, 0.25) is 5.95 Å². The van der Waals surface area contributed by atoms with Crippen molar-refractivity contribution < 1.29 is 4.79 Å². The number of carbonyl (C=O) groups is 1. The molecule has 0 unspecified atom stereocenters. The lowest BCUT2D eigenvalue weighted by molar-refractivity contribution is 0.102. The molecule has 0 spiro atoms. The van der Waals surface area contributed by atoms with E-state index in [0.717, 1.165) is 11.3 Å². The minimum Gasteiger partial charge on any atom is -0.291 e. The van der Waals surface area contributed by atoms with Gasteiger partial charge in [-0.05, 0) is 12.0 Å².